The van der Waals surface area contributed by atoms with Crippen LogP contribution in [0.2, 0.25) is 0 Å². The zero-order valence-corrected chi connectivity index (χ0v) is 20.8. The summed E-state index contributed by atoms with van der Waals surface area (Å²) in [7, 11) is 0. The van der Waals surface area contributed by atoms with Gasteiger partial charge < -0.3 is 4.74 Å². The number of hydrogen-bond acceptors (Lipinski definition) is 6. The molecule has 4 heterocycles. The minimum Gasteiger partial charge on any atom is -0.370 e. The van der Waals surface area contributed by atoms with E-state index in [4.69, 9.17) is 14.7 Å². The standard InChI is InChI=1S/C27H27F3N6O/c1-14-10-18(11-22(37-14)19-12-31-36(13-19)21-8-9-21)25-34-23(17-4-6-20(7-5-17)27(28,29)30)24-26(35-25)33-16(3)15(2)32-24/h4-7,12-14,18,21-22H,8-11H2,1-3H3/t14-,18+,22-/m0/s1. The third-order valence-electron chi connectivity index (χ3n) is 7.24. The Kier molecular flexibility index (Phi) is 5.74. The highest BCUT2D eigenvalue weighted by molar-refractivity contribution is 5.87. The molecule has 6 rings (SSSR count). The monoisotopic (exact) mass is 508 g/mol. The first kappa shape index (κ1) is 24.0. The molecule has 1 aromatic carbocycles. The fourth-order valence-corrected chi connectivity index (χ4v) is 4.96. The van der Waals surface area contributed by atoms with Crippen LogP contribution in [0.4, 0.5) is 13.2 Å². The lowest BCUT2D eigenvalue weighted by atomic mass is 9.89. The quantitative estimate of drug-likeness (QED) is 0.323. The Labute approximate surface area is 212 Å². The van der Waals surface area contributed by atoms with E-state index in [2.05, 4.69) is 21.3 Å². The molecule has 0 unspecified atom stereocenters. The average Bonchev–Trinajstić information content (AvgIpc) is 3.59. The molecule has 0 radical (unpaired) electrons. The van der Waals surface area contributed by atoms with E-state index in [-0.39, 0.29) is 18.1 Å². The molecule has 10 heteroatoms. The number of ether oxygens (including phenoxy) is 1. The molecule has 37 heavy (non-hydrogen) atoms. The van der Waals surface area contributed by atoms with Gasteiger partial charge in [-0.1, -0.05) is 12.1 Å². The predicted molar refractivity (Wildman–Crippen MR) is 131 cm³/mol. The van der Waals surface area contributed by atoms with Crippen LogP contribution in [-0.2, 0) is 10.9 Å². The summed E-state index contributed by atoms with van der Waals surface area (Å²) in [5.41, 5.74) is 3.77. The van der Waals surface area contributed by atoms with Crippen LogP contribution in [0.15, 0.2) is 36.7 Å². The second kappa shape index (κ2) is 8.86. The molecule has 1 aliphatic carbocycles. The van der Waals surface area contributed by atoms with Gasteiger partial charge in [0.15, 0.2) is 5.65 Å². The predicted octanol–water partition coefficient (Wildman–Crippen LogP) is 6.28. The van der Waals surface area contributed by atoms with Gasteiger partial charge in [0.2, 0.25) is 0 Å². The van der Waals surface area contributed by atoms with Crippen LogP contribution in [0, 0.1) is 13.8 Å². The van der Waals surface area contributed by atoms with Crippen LogP contribution in [0.1, 0.15) is 79.0 Å². The van der Waals surface area contributed by atoms with Gasteiger partial charge in [-0.05, 0) is 58.6 Å². The molecule has 3 aromatic heterocycles. The Morgan fingerprint density at radius 2 is 1.68 bits per heavy atom. The van der Waals surface area contributed by atoms with Gasteiger partial charge in [-0.3, -0.25) is 4.68 Å². The van der Waals surface area contributed by atoms with Gasteiger partial charge in [0.05, 0.1) is 41.4 Å². The van der Waals surface area contributed by atoms with Crippen molar-refractivity contribution in [3.63, 3.8) is 0 Å². The van der Waals surface area contributed by atoms with Crippen molar-refractivity contribution >= 4 is 11.2 Å². The first-order valence-electron chi connectivity index (χ1n) is 12.6. The Hall–Kier alpha value is -3.40. The lowest BCUT2D eigenvalue weighted by Crippen LogP contribution is -2.26. The summed E-state index contributed by atoms with van der Waals surface area (Å²) in [6.07, 6.45) is 3.10. The summed E-state index contributed by atoms with van der Waals surface area (Å²) in [4.78, 5) is 19.0. The van der Waals surface area contributed by atoms with Crippen LogP contribution < -0.4 is 0 Å². The third-order valence-corrected chi connectivity index (χ3v) is 7.24. The number of benzene rings is 1. The van der Waals surface area contributed by atoms with E-state index in [0.29, 0.717) is 40.7 Å². The Morgan fingerprint density at radius 1 is 0.946 bits per heavy atom. The van der Waals surface area contributed by atoms with Crippen molar-refractivity contribution in [2.45, 2.75) is 76.8 Å². The highest BCUT2D eigenvalue weighted by Gasteiger charge is 2.34. The van der Waals surface area contributed by atoms with Gasteiger partial charge in [0.25, 0.3) is 0 Å². The number of fused-ring (bicyclic) bond motifs is 1. The highest BCUT2D eigenvalue weighted by atomic mass is 19.4. The molecule has 0 bridgehead atoms. The van der Waals surface area contributed by atoms with Gasteiger partial charge in [0, 0.05) is 23.2 Å². The van der Waals surface area contributed by atoms with Gasteiger partial charge in [-0.25, -0.2) is 19.9 Å². The fourth-order valence-electron chi connectivity index (χ4n) is 4.96. The van der Waals surface area contributed by atoms with Gasteiger partial charge >= 0.3 is 6.18 Å². The van der Waals surface area contributed by atoms with Crippen molar-refractivity contribution < 1.29 is 17.9 Å². The Balaban J connectivity index is 1.40. The SMILES string of the molecule is Cc1nc2nc([C@H]3C[C@@H](c4cnn(C5CC5)c4)O[C@@H](C)C3)nc(-c3ccc(C(F)(F)F)cc3)c2nc1C. The normalized spacial score (nSPS) is 22.5. The number of aryl methyl sites for hydroxylation is 2. The summed E-state index contributed by atoms with van der Waals surface area (Å²) in [5, 5.41) is 4.52. The maximum atomic E-state index is 13.2. The second-order valence-corrected chi connectivity index (χ2v) is 10.2. The minimum atomic E-state index is -4.41. The van der Waals surface area contributed by atoms with Gasteiger partial charge in [0.1, 0.15) is 17.0 Å². The largest absolute Gasteiger partial charge is 0.416 e. The summed E-state index contributed by atoms with van der Waals surface area (Å²) in [6, 6.07) is 5.51. The summed E-state index contributed by atoms with van der Waals surface area (Å²) in [5.74, 6) is 0.591. The highest BCUT2D eigenvalue weighted by Crippen LogP contribution is 2.41. The van der Waals surface area contributed by atoms with Crippen LogP contribution in [0.25, 0.3) is 22.4 Å². The summed E-state index contributed by atoms with van der Waals surface area (Å²) < 4.78 is 47.8. The lowest BCUT2D eigenvalue weighted by Gasteiger charge is -2.33. The number of aromatic nitrogens is 6. The molecule has 0 amide bonds. The van der Waals surface area contributed by atoms with Crippen molar-refractivity contribution in [2.24, 2.45) is 0 Å². The average molecular weight is 509 g/mol. The zero-order valence-electron chi connectivity index (χ0n) is 20.8. The number of rotatable bonds is 4. The second-order valence-electron chi connectivity index (χ2n) is 10.2. The topological polar surface area (TPSA) is 78.6 Å². The van der Waals surface area contributed by atoms with Crippen LogP contribution in [-0.4, -0.2) is 35.8 Å². The smallest absolute Gasteiger partial charge is 0.370 e. The number of nitrogens with zero attached hydrogens (tertiary/aromatic N) is 6. The molecule has 4 aromatic rings. The van der Waals surface area contributed by atoms with Crippen LogP contribution in [0.5, 0.6) is 0 Å². The molecular formula is C27H27F3N6O. The molecule has 1 saturated carbocycles. The number of alkyl halides is 3. The molecular weight excluding hydrogens is 481 g/mol. The van der Waals surface area contributed by atoms with Crippen LogP contribution in [0.3, 0.4) is 0 Å². The lowest BCUT2D eigenvalue weighted by molar-refractivity contribution is -0.137. The van der Waals surface area contributed by atoms with Gasteiger partial charge in [-0.2, -0.15) is 18.3 Å². The molecule has 1 saturated heterocycles. The molecule has 0 spiro atoms. The first-order valence-corrected chi connectivity index (χ1v) is 12.6. The Bertz CT molecular complexity index is 1460. The maximum absolute atomic E-state index is 13.2. The van der Waals surface area contributed by atoms with Crippen molar-refractivity contribution in [1.29, 1.82) is 0 Å². The summed E-state index contributed by atoms with van der Waals surface area (Å²) >= 11 is 0. The van der Waals surface area contributed by atoms with Crippen molar-refractivity contribution in [2.75, 3.05) is 0 Å². The molecule has 2 aliphatic rings. The first-order chi connectivity index (χ1) is 17.7. The van der Waals surface area contributed by atoms with E-state index in [0.717, 1.165) is 48.3 Å². The third kappa shape index (κ3) is 4.70. The van der Waals surface area contributed by atoms with E-state index >= 15 is 0 Å². The summed E-state index contributed by atoms with van der Waals surface area (Å²) in [6.45, 7) is 5.75. The van der Waals surface area contributed by atoms with Crippen molar-refractivity contribution in [3.8, 4) is 11.3 Å². The van der Waals surface area contributed by atoms with Gasteiger partial charge in [-0.15, -0.1) is 0 Å². The number of hydrogen-bond donors (Lipinski definition) is 0. The number of halogens is 3. The van der Waals surface area contributed by atoms with Crippen molar-refractivity contribution in [3.05, 3.63) is 65.0 Å². The molecule has 192 valence electrons. The van der Waals surface area contributed by atoms with E-state index in [1.807, 2.05) is 31.6 Å². The van der Waals surface area contributed by atoms with E-state index < -0.39 is 11.7 Å². The van der Waals surface area contributed by atoms with Crippen molar-refractivity contribution in [1.82, 2.24) is 29.7 Å². The maximum Gasteiger partial charge on any atom is 0.416 e. The molecule has 0 N–H and O–H groups in total. The zero-order chi connectivity index (χ0) is 25.9. The Morgan fingerprint density at radius 3 is 2.38 bits per heavy atom. The molecule has 3 atom stereocenters. The molecule has 1 aliphatic heterocycles. The van der Waals surface area contributed by atoms with E-state index in [1.54, 1.807) is 0 Å². The minimum absolute atomic E-state index is 0.0148. The molecule has 2 fully saturated rings. The fraction of sp³-hybridized carbons (Fsp3) is 0.444. The van der Waals surface area contributed by atoms with Crippen LogP contribution >= 0.6 is 0 Å². The van der Waals surface area contributed by atoms with E-state index in [1.165, 1.54) is 12.1 Å². The van der Waals surface area contributed by atoms with E-state index in [9.17, 15) is 13.2 Å². The molecule has 7 nitrogen and oxygen atoms in total.